The number of nitrogens with zero attached hydrogens (tertiary/aromatic N) is 2. The van der Waals surface area contributed by atoms with E-state index in [4.69, 9.17) is 0 Å². The van der Waals surface area contributed by atoms with Crippen molar-refractivity contribution in [2.24, 2.45) is 0 Å². The normalized spacial score (nSPS) is 18.5. The number of thioether (sulfide) groups is 1. The Morgan fingerprint density at radius 3 is 2.86 bits per heavy atom. The van der Waals surface area contributed by atoms with E-state index >= 15 is 0 Å². The van der Waals surface area contributed by atoms with Gasteiger partial charge in [0, 0.05) is 29.7 Å². The molecule has 0 aromatic carbocycles. The Balaban J connectivity index is 1.39. The van der Waals surface area contributed by atoms with Crippen LogP contribution in [0, 0.1) is 0 Å². The maximum absolute atomic E-state index is 12.4. The molecule has 22 heavy (non-hydrogen) atoms. The number of nitrogens with one attached hydrogen (secondary N) is 1. The third kappa shape index (κ3) is 4.13. The zero-order valence-corrected chi connectivity index (χ0v) is 14.2. The van der Waals surface area contributed by atoms with Crippen LogP contribution >= 0.6 is 11.8 Å². The van der Waals surface area contributed by atoms with Gasteiger partial charge in [0.2, 0.25) is 0 Å². The molecule has 4 nitrogen and oxygen atoms in total. The Kier molecular flexibility index (Phi) is 5.96. The number of aryl methyl sites for hydroxylation is 2. The summed E-state index contributed by atoms with van der Waals surface area (Å²) in [5.41, 5.74) is 2.36. The van der Waals surface area contributed by atoms with Gasteiger partial charge < -0.3 is 5.32 Å². The van der Waals surface area contributed by atoms with Gasteiger partial charge in [-0.25, -0.2) is 4.68 Å². The number of hydrogen-bond donors (Lipinski definition) is 1. The largest absolute Gasteiger partial charge is 0.313 e. The molecule has 1 saturated carbocycles. The molecule has 1 aromatic heterocycles. The third-order valence-corrected chi connectivity index (χ3v) is 5.80. The highest BCUT2D eigenvalue weighted by Crippen LogP contribution is 2.18. The molecule has 1 fully saturated rings. The van der Waals surface area contributed by atoms with E-state index in [1.165, 1.54) is 37.7 Å². The number of hydrogen-bond acceptors (Lipinski definition) is 4. The van der Waals surface area contributed by atoms with Crippen molar-refractivity contribution >= 4 is 11.8 Å². The fourth-order valence-corrected chi connectivity index (χ4v) is 4.31. The van der Waals surface area contributed by atoms with Crippen LogP contribution < -0.4 is 10.9 Å². The average Bonchev–Trinajstić information content (AvgIpc) is 3.06. The van der Waals surface area contributed by atoms with E-state index in [0.29, 0.717) is 0 Å². The lowest BCUT2D eigenvalue weighted by Crippen LogP contribution is -2.30. The van der Waals surface area contributed by atoms with E-state index in [-0.39, 0.29) is 5.56 Å². The standard InChI is InChI=1S/C17H27N3OS/c21-17-16-8-4-1-5-14(16)13-19-20(17)10-12-22-11-9-18-15-6-2-3-7-15/h13,15,18H,1-12H2. The second-order valence-electron chi connectivity index (χ2n) is 6.43. The van der Waals surface area contributed by atoms with Crippen LogP contribution in [-0.2, 0) is 19.4 Å². The Morgan fingerprint density at radius 2 is 2.00 bits per heavy atom. The molecule has 0 amide bonds. The third-order valence-electron chi connectivity index (χ3n) is 4.84. The quantitative estimate of drug-likeness (QED) is 0.783. The highest BCUT2D eigenvalue weighted by atomic mass is 32.2. The molecule has 1 heterocycles. The van der Waals surface area contributed by atoms with Crippen molar-refractivity contribution in [2.45, 2.75) is 64.0 Å². The van der Waals surface area contributed by atoms with Crippen LogP contribution in [0.3, 0.4) is 0 Å². The fourth-order valence-electron chi connectivity index (χ4n) is 3.54. The van der Waals surface area contributed by atoms with Crippen molar-refractivity contribution in [1.29, 1.82) is 0 Å². The van der Waals surface area contributed by atoms with Gasteiger partial charge >= 0.3 is 0 Å². The summed E-state index contributed by atoms with van der Waals surface area (Å²) >= 11 is 1.92. The topological polar surface area (TPSA) is 46.9 Å². The minimum atomic E-state index is 0.155. The summed E-state index contributed by atoms with van der Waals surface area (Å²) in [5.74, 6) is 2.09. The van der Waals surface area contributed by atoms with Gasteiger partial charge in [-0.05, 0) is 44.1 Å². The van der Waals surface area contributed by atoms with E-state index in [1.807, 2.05) is 18.0 Å². The monoisotopic (exact) mass is 321 g/mol. The summed E-state index contributed by atoms with van der Waals surface area (Å²) in [7, 11) is 0. The van der Waals surface area contributed by atoms with Gasteiger partial charge in [-0.15, -0.1) is 0 Å². The summed E-state index contributed by atoms with van der Waals surface area (Å²) in [5, 5.41) is 7.98. The maximum Gasteiger partial charge on any atom is 0.270 e. The molecule has 122 valence electrons. The second-order valence-corrected chi connectivity index (χ2v) is 7.66. The Hall–Kier alpha value is -0.810. The van der Waals surface area contributed by atoms with Gasteiger partial charge in [-0.2, -0.15) is 16.9 Å². The molecule has 1 aromatic rings. The molecule has 3 rings (SSSR count). The smallest absolute Gasteiger partial charge is 0.270 e. The highest BCUT2D eigenvalue weighted by Gasteiger charge is 2.15. The van der Waals surface area contributed by atoms with Gasteiger partial charge in [-0.1, -0.05) is 12.8 Å². The van der Waals surface area contributed by atoms with E-state index in [0.717, 1.165) is 55.5 Å². The van der Waals surface area contributed by atoms with Gasteiger partial charge in [0.15, 0.2) is 0 Å². The average molecular weight is 321 g/mol. The van der Waals surface area contributed by atoms with Crippen LogP contribution in [0.1, 0.15) is 49.7 Å². The van der Waals surface area contributed by atoms with Crippen molar-refractivity contribution < 1.29 is 0 Å². The summed E-state index contributed by atoms with van der Waals surface area (Å²) in [6.45, 7) is 1.82. The molecule has 0 saturated heterocycles. The molecule has 0 spiro atoms. The Morgan fingerprint density at radius 1 is 1.18 bits per heavy atom. The zero-order chi connectivity index (χ0) is 15.2. The van der Waals surface area contributed by atoms with Gasteiger partial charge in [-0.3, -0.25) is 4.79 Å². The van der Waals surface area contributed by atoms with Gasteiger partial charge in [0.25, 0.3) is 5.56 Å². The Bertz CT molecular complexity index is 537. The van der Waals surface area contributed by atoms with Crippen LogP contribution in [0.5, 0.6) is 0 Å². The molecule has 0 radical (unpaired) electrons. The predicted octanol–water partition coefficient (Wildman–Crippen LogP) is 2.39. The lowest BCUT2D eigenvalue weighted by molar-refractivity contribution is 0.544. The van der Waals surface area contributed by atoms with Crippen LogP contribution in [0.4, 0.5) is 0 Å². The number of aromatic nitrogens is 2. The molecule has 2 aliphatic carbocycles. The molecular formula is C17H27N3OS. The first kappa shape index (κ1) is 16.1. The number of fused-ring (bicyclic) bond motifs is 1. The lowest BCUT2D eigenvalue weighted by atomic mass is 9.94. The molecular weight excluding hydrogens is 294 g/mol. The summed E-state index contributed by atoms with van der Waals surface area (Å²) in [6, 6.07) is 0.755. The highest BCUT2D eigenvalue weighted by molar-refractivity contribution is 7.99. The summed E-state index contributed by atoms with van der Waals surface area (Å²) in [6.07, 6.45) is 11.7. The minimum absolute atomic E-state index is 0.155. The van der Waals surface area contributed by atoms with Crippen LogP contribution in [0.2, 0.25) is 0 Å². The zero-order valence-electron chi connectivity index (χ0n) is 13.4. The summed E-state index contributed by atoms with van der Waals surface area (Å²) < 4.78 is 1.67. The number of rotatable bonds is 7. The molecule has 0 aliphatic heterocycles. The lowest BCUT2D eigenvalue weighted by Gasteiger charge is -2.15. The molecule has 0 atom stereocenters. The predicted molar refractivity (Wildman–Crippen MR) is 92.7 cm³/mol. The van der Waals surface area contributed by atoms with E-state index < -0.39 is 0 Å². The van der Waals surface area contributed by atoms with Gasteiger partial charge in [0.05, 0.1) is 12.7 Å². The molecule has 2 aliphatic rings. The summed E-state index contributed by atoms with van der Waals surface area (Å²) in [4.78, 5) is 12.4. The van der Waals surface area contributed by atoms with E-state index in [2.05, 4.69) is 10.4 Å². The van der Waals surface area contributed by atoms with Crippen molar-refractivity contribution in [3.05, 3.63) is 27.7 Å². The molecule has 0 unspecified atom stereocenters. The first-order valence-corrected chi connectivity index (χ1v) is 9.89. The minimum Gasteiger partial charge on any atom is -0.313 e. The van der Waals surface area contributed by atoms with Gasteiger partial charge in [0.1, 0.15) is 0 Å². The van der Waals surface area contributed by atoms with E-state index in [1.54, 1.807) is 4.68 Å². The second kappa shape index (κ2) is 8.16. The fraction of sp³-hybridized carbons (Fsp3) is 0.765. The first-order chi connectivity index (χ1) is 10.8. The van der Waals surface area contributed by atoms with Crippen molar-refractivity contribution in [2.75, 3.05) is 18.1 Å². The van der Waals surface area contributed by atoms with Crippen LogP contribution in [0.25, 0.3) is 0 Å². The molecule has 0 bridgehead atoms. The van der Waals surface area contributed by atoms with Crippen molar-refractivity contribution in [3.8, 4) is 0 Å². The molecule has 5 heteroatoms. The molecule has 1 N–H and O–H groups in total. The van der Waals surface area contributed by atoms with Crippen molar-refractivity contribution in [3.63, 3.8) is 0 Å². The maximum atomic E-state index is 12.4. The van der Waals surface area contributed by atoms with Crippen LogP contribution in [-0.4, -0.2) is 33.9 Å². The van der Waals surface area contributed by atoms with E-state index in [9.17, 15) is 4.79 Å². The SMILES string of the molecule is O=c1c2c(cnn1CCSCCNC1CCCC1)CCCC2. The van der Waals surface area contributed by atoms with Crippen molar-refractivity contribution in [1.82, 2.24) is 15.1 Å². The van der Waals surface area contributed by atoms with Crippen LogP contribution in [0.15, 0.2) is 11.0 Å². The first-order valence-electron chi connectivity index (χ1n) is 8.73. The Labute approximate surface area is 137 Å².